The average Bonchev–Trinajstić information content (AvgIpc) is 3.00. The van der Waals surface area contributed by atoms with Crippen LogP contribution in [-0.4, -0.2) is 28.5 Å². The summed E-state index contributed by atoms with van der Waals surface area (Å²) in [6.07, 6.45) is 0.865. The second kappa shape index (κ2) is 7.47. The molecule has 3 rings (SSSR count). The van der Waals surface area contributed by atoms with E-state index in [0.29, 0.717) is 16.1 Å². The lowest BCUT2D eigenvalue weighted by Crippen LogP contribution is -2.56. The van der Waals surface area contributed by atoms with Crippen molar-refractivity contribution in [1.29, 1.82) is 0 Å². The monoisotopic (exact) mass is 400 g/mol. The lowest BCUT2D eigenvalue weighted by Gasteiger charge is -2.35. The van der Waals surface area contributed by atoms with Crippen molar-refractivity contribution in [2.24, 2.45) is 0 Å². The van der Waals surface area contributed by atoms with Gasteiger partial charge in [0.1, 0.15) is 11.9 Å². The van der Waals surface area contributed by atoms with Gasteiger partial charge in [-0.15, -0.1) is 0 Å². The highest BCUT2D eigenvalue weighted by molar-refractivity contribution is 6.33. The molecule has 5 nitrogen and oxygen atoms in total. The van der Waals surface area contributed by atoms with Crippen LogP contribution in [0.1, 0.15) is 59.5 Å². The molecule has 1 heterocycles. The van der Waals surface area contributed by atoms with E-state index in [1.54, 1.807) is 30.3 Å². The average molecular weight is 401 g/mol. The molecule has 0 radical (unpaired) electrons. The quantitative estimate of drug-likeness (QED) is 0.752. The minimum atomic E-state index is -0.645. The smallest absolute Gasteiger partial charge is 0.274 e. The molecular weight excluding hydrogens is 376 g/mol. The van der Waals surface area contributed by atoms with Crippen molar-refractivity contribution in [2.75, 3.05) is 0 Å². The summed E-state index contributed by atoms with van der Waals surface area (Å²) in [4.78, 5) is 26.1. The van der Waals surface area contributed by atoms with E-state index in [-0.39, 0.29) is 17.9 Å². The normalized spacial score (nSPS) is 15.6. The van der Waals surface area contributed by atoms with Crippen LogP contribution >= 0.6 is 11.6 Å². The zero-order chi connectivity index (χ0) is 20.6. The number of nitrogens with zero attached hydrogens (tertiary/aromatic N) is 1. The minimum Gasteiger partial charge on any atom is -0.490 e. The van der Waals surface area contributed by atoms with Crippen LogP contribution in [0.4, 0.5) is 0 Å². The van der Waals surface area contributed by atoms with Crippen molar-refractivity contribution < 1.29 is 14.3 Å². The number of amides is 2. The van der Waals surface area contributed by atoms with Gasteiger partial charge in [0.25, 0.3) is 11.8 Å². The predicted molar refractivity (Wildman–Crippen MR) is 110 cm³/mol. The van der Waals surface area contributed by atoms with Crippen molar-refractivity contribution in [2.45, 2.75) is 52.7 Å². The van der Waals surface area contributed by atoms with Gasteiger partial charge in [-0.2, -0.15) is 0 Å². The first kappa shape index (κ1) is 20.2. The first-order valence-corrected chi connectivity index (χ1v) is 9.66. The Morgan fingerprint density at radius 2 is 1.82 bits per heavy atom. The lowest BCUT2D eigenvalue weighted by molar-refractivity contribution is 0.0358. The Labute approximate surface area is 170 Å². The molecule has 148 valence electrons. The van der Waals surface area contributed by atoms with Crippen molar-refractivity contribution in [3.8, 4) is 5.75 Å². The molecule has 2 aromatic rings. The zero-order valence-corrected chi connectivity index (χ0v) is 17.6. The summed E-state index contributed by atoms with van der Waals surface area (Å²) >= 11 is 6.20. The highest BCUT2D eigenvalue weighted by atomic mass is 35.5. The molecule has 0 aromatic heterocycles. The van der Waals surface area contributed by atoms with Crippen LogP contribution in [0.15, 0.2) is 36.4 Å². The molecule has 1 N–H and O–H groups in total. The molecule has 1 unspecified atom stereocenters. The number of benzene rings is 2. The molecular formula is C22H25ClN2O3. The van der Waals surface area contributed by atoms with Crippen molar-refractivity contribution in [3.05, 3.63) is 63.7 Å². The van der Waals surface area contributed by atoms with Gasteiger partial charge in [0.15, 0.2) is 0 Å². The number of rotatable bonds is 2. The summed E-state index contributed by atoms with van der Waals surface area (Å²) in [7, 11) is 0. The first-order valence-electron chi connectivity index (χ1n) is 9.29. The molecule has 6 heteroatoms. The van der Waals surface area contributed by atoms with E-state index < -0.39 is 5.54 Å². The van der Waals surface area contributed by atoms with Crippen LogP contribution in [0.3, 0.4) is 0 Å². The molecule has 28 heavy (non-hydrogen) atoms. The van der Waals surface area contributed by atoms with Crippen LogP contribution in [0.2, 0.25) is 5.02 Å². The van der Waals surface area contributed by atoms with Gasteiger partial charge in [-0.3, -0.25) is 15.0 Å². The Morgan fingerprint density at radius 3 is 2.46 bits per heavy atom. The SMILES string of the molecule is Cc1c(C(=O)NN(C(=O)c2ccccc2Cl)C(C)(C)C)ccc2c1CC(C)O2. The van der Waals surface area contributed by atoms with Gasteiger partial charge in [0.05, 0.1) is 16.1 Å². The fraction of sp³-hybridized carbons (Fsp3) is 0.364. The summed E-state index contributed by atoms with van der Waals surface area (Å²) in [5, 5.41) is 1.68. The highest BCUT2D eigenvalue weighted by Gasteiger charge is 2.32. The van der Waals surface area contributed by atoms with Gasteiger partial charge >= 0.3 is 0 Å². The summed E-state index contributed by atoms with van der Waals surface area (Å²) < 4.78 is 5.76. The summed E-state index contributed by atoms with van der Waals surface area (Å²) in [5.74, 6) is 0.124. The van der Waals surface area contributed by atoms with Gasteiger partial charge in [0, 0.05) is 17.5 Å². The molecule has 0 saturated carbocycles. The maximum absolute atomic E-state index is 13.1. The highest BCUT2D eigenvalue weighted by Crippen LogP contribution is 2.33. The van der Waals surface area contributed by atoms with E-state index >= 15 is 0 Å². The molecule has 0 fully saturated rings. The van der Waals surface area contributed by atoms with Gasteiger partial charge in [-0.05, 0) is 64.4 Å². The summed E-state index contributed by atoms with van der Waals surface area (Å²) in [5.41, 5.74) is 4.92. The van der Waals surface area contributed by atoms with Crippen molar-refractivity contribution in [1.82, 2.24) is 10.4 Å². The van der Waals surface area contributed by atoms with Crippen LogP contribution in [0.5, 0.6) is 5.75 Å². The van der Waals surface area contributed by atoms with E-state index in [1.165, 1.54) is 5.01 Å². The molecule has 1 aliphatic heterocycles. The number of carbonyl (C=O) groups is 2. The standard InChI is InChI=1S/C22H25ClN2O3/c1-13-12-17-14(2)15(10-11-19(17)28-13)20(26)24-25(22(3,4)5)21(27)16-8-6-7-9-18(16)23/h6-11,13H,12H2,1-5H3,(H,24,26). The summed E-state index contributed by atoms with van der Waals surface area (Å²) in [6.45, 7) is 9.47. The molecule has 1 atom stereocenters. The van der Waals surface area contributed by atoms with Gasteiger partial charge in [0.2, 0.25) is 0 Å². The Bertz CT molecular complexity index is 934. The minimum absolute atomic E-state index is 0.0971. The molecule has 0 aliphatic carbocycles. The number of ether oxygens (including phenoxy) is 1. The number of nitrogens with one attached hydrogen (secondary N) is 1. The molecule has 2 amide bonds. The molecule has 2 aromatic carbocycles. The fourth-order valence-electron chi connectivity index (χ4n) is 3.33. The van der Waals surface area contributed by atoms with E-state index in [2.05, 4.69) is 5.43 Å². The lowest BCUT2D eigenvalue weighted by atomic mass is 9.98. The number of fused-ring (bicyclic) bond motifs is 1. The Kier molecular flexibility index (Phi) is 5.39. The molecule has 1 aliphatic rings. The third-order valence-electron chi connectivity index (χ3n) is 4.81. The number of hydrogen-bond donors (Lipinski definition) is 1. The van der Waals surface area contributed by atoms with E-state index in [0.717, 1.165) is 23.3 Å². The predicted octanol–water partition coefficient (Wildman–Crippen LogP) is 4.56. The second-order valence-corrected chi connectivity index (χ2v) is 8.49. The first-order chi connectivity index (χ1) is 13.1. The van der Waals surface area contributed by atoms with Gasteiger partial charge in [-0.25, -0.2) is 5.01 Å². The number of carbonyl (C=O) groups excluding carboxylic acids is 2. The largest absolute Gasteiger partial charge is 0.490 e. The Hall–Kier alpha value is -2.53. The maximum Gasteiger partial charge on any atom is 0.274 e. The van der Waals surface area contributed by atoms with Crippen molar-refractivity contribution in [3.63, 3.8) is 0 Å². The van der Waals surface area contributed by atoms with Gasteiger partial charge < -0.3 is 4.74 Å². The van der Waals surface area contributed by atoms with E-state index in [4.69, 9.17) is 16.3 Å². The maximum atomic E-state index is 13.1. The van der Waals surface area contributed by atoms with Crippen LogP contribution in [0, 0.1) is 6.92 Å². The van der Waals surface area contributed by atoms with Crippen LogP contribution in [-0.2, 0) is 6.42 Å². The Balaban J connectivity index is 1.91. The number of hydrogen-bond acceptors (Lipinski definition) is 3. The third kappa shape index (κ3) is 3.85. The number of hydrazine groups is 1. The molecule has 0 spiro atoms. The van der Waals surface area contributed by atoms with Gasteiger partial charge in [-0.1, -0.05) is 23.7 Å². The van der Waals surface area contributed by atoms with E-state index in [1.807, 2.05) is 40.7 Å². The van der Waals surface area contributed by atoms with Crippen molar-refractivity contribution >= 4 is 23.4 Å². The molecule has 0 saturated heterocycles. The Morgan fingerprint density at radius 1 is 1.14 bits per heavy atom. The van der Waals surface area contributed by atoms with Crippen LogP contribution < -0.4 is 10.2 Å². The fourth-order valence-corrected chi connectivity index (χ4v) is 3.54. The second-order valence-electron chi connectivity index (χ2n) is 8.08. The zero-order valence-electron chi connectivity index (χ0n) is 16.8. The summed E-state index contributed by atoms with van der Waals surface area (Å²) in [6, 6.07) is 10.4. The number of halogens is 1. The molecule has 0 bridgehead atoms. The van der Waals surface area contributed by atoms with E-state index in [9.17, 15) is 9.59 Å². The topological polar surface area (TPSA) is 58.6 Å². The third-order valence-corrected chi connectivity index (χ3v) is 5.14. The van der Waals surface area contributed by atoms with Crippen LogP contribution in [0.25, 0.3) is 0 Å².